The molecule has 1 heterocycles. The van der Waals surface area contributed by atoms with Gasteiger partial charge < -0.3 is 4.74 Å². The van der Waals surface area contributed by atoms with E-state index in [1.165, 1.54) is 12.8 Å². The number of hydrogen-bond acceptors (Lipinski definition) is 4. The van der Waals surface area contributed by atoms with Crippen molar-refractivity contribution in [3.05, 3.63) is 11.6 Å². The molecule has 5 nitrogen and oxygen atoms in total. The third kappa shape index (κ3) is 6.61. The summed E-state index contributed by atoms with van der Waals surface area (Å²) in [5.41, 5.74) is 0.0855. The van der Waals surface area contributed by atoms with Crippen molar-refractivity contribution in [1.82, 2.24) is 15.2 Å². The number of carbonyl (C=O) groups excluding carboxylic acids is 1. The van der Waals surface area contributed by atoms with Crippen molar-refractivity contribution in [3.8, 4) is 0 Å². The highest BCUT2D eigenvalue weighted by Gasteiger charge is 2.45. The van der Waals surface area contributed by atoms with Crippen LogP contribution in [0, 0.1) is 40.9 Å². The molecule has 6 heteroatoms. The van der Waals surface area contributed by atoms with E-state index in [0.717, 1.165) is 31.5 Å². The smallest absolute Gasteiger partial charge is 0.327 e. The number of halogens is 1. The second-order valence-electron chi connectivity index (χ2n) is 12.8. The van der Waals surface area contributed by atoms with Crippen molar-refractivity contribution in [2.75, 3.05) is 0 Å². The molecule has 3 rings (SSSR count). The number of rotatable bonds is 6. The fraction of sp³-hybridized carbons (Fsp3) is 0.889. The lowest BCUT2D eigenvalue weighted by Gasteiger charge is -2.46. The highest BCUT2D eigenvalue weighted by atomic mass is 79.9. The molecule has 0 saturated heterocycles. The average Bonchev–Trinajstić information content (AvgIpc) is 3.19. The van der Waals surface area contributed by atoms with Crippen LogP contribution in [0.2, 0.25) is 0 Å². The van der Waals surface area contributed by atoms with Crippen molar-refractivity contribution >= 4 is 21.9 Å². The van der Waals surface area contributed by atoms with E-state index in [0.29, 0.717) is 47.2 Å². The van der Waals surface area contributed by atoms with E-state index in [4.69, 9.17) is 9.72 Å². The maximum Gasteiger partial charge on any atom is 0.327 e. The summed E-state index contributed by atoms with van der Waals surface area (Å²) < 4.78 is 6.32. The van der Waals surface area contributed by atoms with Gasteiger partial charge in [-0.3, -0.25) is 9.89 Å². The van der Waals surface area contributed by atoms with Crippen LogP contribution in [0.3, 0.4) is 0 Å². The molecule has 0 bridgehead atoms. The van der Waals surface area contributed by atoms with Crippen LogP contribution < -0.4 is 0 Å². The van der Waals surface area contributed by atoms with Crippen LogP contribution in [0.5, 0.6) is 0 Å². The zero-order valence-electron chi connectivity index (χ0n) is 22.0. The number of nitrogens with zero attached hydrogens (tertiary/aromatic N) is 2. The molecule has 2 aliphatic rings. The van der Waals surface area contributed by atoms with Crippen molar-refractivity contribution in [3.63, 3.8) is 0 Å². The van der Waals surface area contributed by atoms with E-state index in [1.807, 2.05) is 0 Å². The Morgan fingerprint density at radius 3 is 2.45 bits per heavy atom. The molecule has 0 radical (unpaired) electrons. The molecule has 33 heavy (non-hydrogen) atoms. The van der Waals surface area contributed by atoms with Crippen molar-refractivity contribution in [2.24, 2.45) is 40.9 Å². The number of ether oxygens (including phenoxy) is 1. The number of alkyl halides is 1. The van der Waals surface area contributed by atoms with Crippen molar-refractivity contribution < 1.29 is 9.53 Å². The van der Waals surface area contributed by atoms with Gasteiger partial charge >= 0.3 is 5.97 Å². The summed E-state index contributed by atoms with van der Waals surface area (Å²) in [5.74, 6) is 4.80. The molecule has 2 saturated carbocycles. The van der Waals surface area contributed by atoms with E-state index in [-0.39, 0.29) is 17.5 Å². The van der Waals surface area contributed by atoms with Crippen LogP contribution in [0.25, 0.3) is 0 Å². The number of H-pyrrole nitrogens is 1. The first-order valence-corrected chi connectivity index (χ1v) is 14.0. The van der Waals surface area contributed by atoms with Crippen LogP contribution >= 0.6 is 15.9 Å². The first-order valence-electron chi connectivity index (χ1n) is 13.1. The minimum Gasteiger partial charge on any atom is -0.461 e. The first-order chi connectivity index (χ1) is 15.4. The van der Waals surface area contributed by atoms with Crippen LogP contribution in [-0.4, -0.2) is 27.3 Å². The molecule has 1 aromatic heterocycles. The van der Waals surface area contributed by atoms with Gasteiger partial charge in [0.2, 0.25) is 0 Å². The van der Waals surface area contributed by atoms with Gasteiger partial charge in [-0.1, -0.05) is 77.7 Å². The van der Waals surface area contributed by atoms with Gasteiger partial charge in [-0.15, -0.1) is 0 Å². The lowest BCUT2D eigenvalue weighted by molar-refractivity contribution is -0.163. The van der Waals surface area contributed by atoms with Gasteiger partial charge in [-0.2, -0.15) is 5.10 Å². The van der Waals surface area contributed by atoms with Gasteiger partial charge in [-0.05, 0) is 67.1 Å². The zero-order valence-corrected chi connectivity index (χ0v) is 23.6. The Labute approximate surface area is 209 Å². The monoisotopic (exact) mass is 523 g/mol. The van der Waals surface area contributed by atoms with Gasteiger partial charge in [-0.25, -0.2) is 4.98 Å². The maximum atomic E-state index is 13.3. The number of aromatic nitrogens is 3. The van der Waals surface area contributed by atoms with E-state index < -0.39 is 4.83 Å². The number of esters is 1. The van der Waals surface area contributed by atoms with E-state index >= 15 is 0 Å². The van der Waals surface area contributed by atoms with Gasteiger partial charge in [0.1, 0.15) is 11.9 Å². The number of nitrogens with one attached hydrogen (secondary N) is 1. The molecule has 0 aliphatic heterocycles. The molecule has 0 amide bonds. The average molecular weight is 525 g/mol. The predicted molar refractivity (Wildman–Crippen MR) is 137 cm³/mol. The Morgan fingerprint density at radius 1 is 1.12 bits per heavy atom. The zero-order chi connectivity index (χ0) is 24.5. The lowest BCUT2D eigenvalue weighted by atomic mass is 9.63. The fourth-order valence-electron chi connectivity index (χ4n) is 6.28. The molecule has 1 N–H and O–H groups in total. The van der Waals surface area contributed by atoms with Crippen LogP contribution in [0.15, 0.2) is 0 Å². The number of aromatic amines is 1. The van der Waals surface area contributed by atoms with Crippen molar-refractivity contribution in [2.45, 2.75) is 111 Å². The Kier molecular flexibility index (Phi) is 8.72. The van der Waals surface area contributed by atoms with Gasteiger partial charge in [0.05, 0.1) is 0 Å². The Morgan fingerprint density at radius 2 is 1.82 bits per heavy atom. The van der Waals surface area contributed by atoms with Gasteiger partial charge in [0, 0.05) is 11.8 Å². The summed E-state index contributed by atoms with van der Waals surface area (Å²) in [7, 11) is 0. The minimum absolute atomic E-state index is 0.0613. The SMILES string of the molecule is CC(C)CC1CC(C)CC(C(C)(C)C)C1OC(=O)C(Br)c1n[nH]c(C2CC(C)CCC2C)n1. The van der Waals surface area contributed by atoms with E-state index in [9.17, 15) is 4.79 Å². The van der Waals surface area contributed by atoms with Crippen LogP contribution in [-0.2, 0) is 9.53 Å². The summed E-state index contributed by atoms with van der Waals surface area (Å²) in [5, 5.41) is 7.57. The van der Waals surface area contributed by atoms with E-state index in [2.05, 4.69) is 81.5 Å². The van der Waals surface area contributed by atoms with Crippen LogP contribution in [0.4, 0.5) is 0 Å². The second kappa shape index (κ2) is 10.8. The molecular formula is C27H46BrN3O2. The summed E-state index contributed by atoms with van der Waals surface area (Å²) in [4.78, 5) is 17.5. The molecule has 2 fully saturated rings. The molecule has 2 aliphatic carbocycles. The quantitative estimate of drug-likeness (QED) is 0.310. The summed E-state index contributed by atoms with van der Waals surface area (Å²) in [6.07, 6.45) is 6.87. The Balaban J connectivity index is 1.75. The molecular weight excluding hydrogens is 478 g/mol. The van der Waals surface area contributed by atoms with Crippen LogP contribution in [0.1, 0.15) is 116 Å². The fourth-order valence-corrected chi connectivity index (χ4v) is 6.60. The summed E-state index contributed by atoms with van der Waals surface area (Å²) in [6.45, 7) is 18.3. The molecule has 0 aromatic carbocycles. The molecule has 8 atom stereocenters. The second-order valence-corrected chi connectivity index (χ2v) is 13.7. The normalized spacial score (nSPS) is 34.3. The third-order valence-corrected chi connectivity index (χ3v) is 8.91. The number of carbonyl (C=O) groups is 1. The summed E-state index contributed by atoms with van der Waals surface area (Å²) in [6, 6.07) is 0. The van der Waals surface area contributed by atoms with Crippen molar-refractivity contribution in [1.29, 1.82) is 0 Å². The van der Waals surface area contributed by atoms with Gasteiger partial charge in [0.15, 0.2) is 10.7 Å². The third-order valence-electron chi connectivity index (χ3n) is 8.12. The predicted octanol–water partition coefficient (Wildman–Crippen LogP) is 7.45. The molecule has 1 aromatic rings. The number of hydrogen-bond donors (Lipinski definition) is 1. The Hall–Kier alpha value is -0.910. The lowest BCUT2D eigenvalue weighted by Crippen LogP contribution is -2.46. The highest BCUT2D eigenvalue weighted by Crippen LogP contribution is 2.47. The topological polar surface area (TPSA) is 67.9 Å². The van der Waals surface area contributed by atoms with E-state index in [1.54, 1.807) is 0 Å². The largest absolute Gasteiger partial charge is 0.461 e. The molecule has 188 valence electrons. The molecule has 8 unspecified atom stereocenters. The summed E-state index contributed by atoms with van der Waals surface area (Å²) >= 11 is 3.58. The van der Waals surface area contributed by atoms with Gasteiger partial charge in [0.25, 0.3) is 0 Å². The highest BCUT2D eigenvalue weighted by molar-refractivity contribution is 9.09. The first kappa shape index (κ1) is 26.7. The standard InChI is InChI=1S/C27H46BrN3O2/c1-15(2)11-19-12-17(4)14-21(27(6,7)8)23(19)33-26(32)22(28)25-29-24(30-31-25)20-13-16(3)9-10-18(20)5/h15-23H,9-14H2,1-8H3,(H,29,30,31). The maximum absolute atomic E-state index is 13.3. The molecule has 0 spiro atoms. The Bertz CT molecular complexity index is 785. The minimum atomic E-state index is -0.640.